The first-order valence-corrected chi connectivity index (χ1v) is 7.30. The zero-order chi connectivity index (χ0) is 13.4. The van der Waals surface area contributed by atoms with Gasteiger partial charge >= 0.3 is 0 Å². The van der Waals surface area contributed by atoms with Gasteiger partial charge in [0, 0.05) is 19.2 Å². The number of nitrogens with one attached hydrogen (secondary N) is 2. The van der Waals surface area contributed by atoms with Crippen molar-refractivity contribution in [1.82, 2.24) is 10.6 Å². The lowest BCUT2D eigenvalue weighted by atomic mass is 10.1. The summed E-state index contributed by atoms with van der Waals surface area (Å²) in [6.45, 7) is 7.81. The van der Waals surface area contributed by atoms with Gasteiger partial charge in [-0.1, -0.05) is 19.8 Å². The fourth-order valence-electron chi connectivity index (χ4n) is 2.31. The highest BCUT2D eigenvalue weighted by Gasteiger charge is 2.24. The topological polar surface area (TPSA) is 50.4 Å². The Morgan fingerprint density at radius 1 is 1.39 bits per heavy atom. The molecule has 0 spiro atoms. The number of amides is 1. The van der Waals surface area contributed by atoms with Crippen LogP contribution in [-0.4, -0.2) is 37.2 Å². The smallest absolute Gasteiger partial charge is 0.236 e. The van der Waals surface area contributed by atoms with Crippen LogP contribution in [0.4, 0.5) is 0 Å². The normalized spacial score (nSPS) is 22.7. The standard InChI is InChI=1S/C14H28N2O2/c1-4-5-6-9-15-14(17)12(3)16-11(2)13-8-7-10-18-13/h11-13,16H,4-10H2,1-3H3,(H,15,17). The van der Waals surface area contributed by atoms with Crippen molar-refractivity contribution in [1.29, 1.82) is 0 Å². The second-order valence-electron chi connectivity index (χ2n) is 5.23. The molecule has 4 nitrogen and oxygen atoms in total. The van der Waals surface area contributed by atoms with Crippen LogP contribution in [0.25, 0.3) is 0 Å². The second kappa shape index (κ2) is 8.48. The highest BCUT2D eigenvalue weighted by molar-refractivity contribution is 5.81. The number of hydrogen-bond acceptors (Lipinski definition) is 3. The van der Waals surface area contributed by atoms with E-state index in [2.05, 4.69) is 24.5 Å². The second-order valence-corrected chi connectivity index (χ2v) is 5.23. The van der Waals surface area contributed by atoms with E-state index in [4.69, 9.17) is 4.74 Å². The molecule has 1 amide bonds. The molecular formula is C14H28N2O2. The van der Waals surface area contributed by atoms with E-state index >= 15 is 0 Å². The van der Waals surface area contributed by atoms with Gasteiger partial charge in [0.1, 0.15) is 0 Å². The van der Waals surface area contributed by atoms with E-state index in [0.29, 0.717) is 0 Å². The van der Waals surface area contributed by atoms with Crippen LogP contribution < -0.4 is 10.6 Å². The average Bonchev–Trinajstić information content (AvgIpc) is 2.88. The Labute approximate surface area is 111 Å². The van der Waals surface area contributed by atoms with Crippen LogP contribution in [0.1, 0.15) is 52.9 Å². The molecule has 3 atom stereocenters. The highest BCUT2D eigenvalue weighted by Crippen LogP contribution is 2.15. The van der Waals surface area contributed by atoms with Crippen LogP contribution >= 0.6 is 0 Å². The van der Waals surface area contributed by atoms with Crippen LogP contribution in [0.15, 0.2) is 0 Å². The maximum atomic E-state index is 11.8. The Morgan fingerprint density at radius 2 is 2.17 bits per heavy atom. The SMILES string of the molecule is CCCCCNC(=O)C(C)NC(C)C1CCCO1. The third kappa shape index (κ3) is 5.36. The number of carbonyl (C=O) groups excluding carboxylic acids is 1. The van der Waals surface area contributed by atoms with Crippen LogP contribution in [-0.2, 0) is 9.53 Å². The lowest BCUT2D eigenvalue weighted by molar-refractivity contribution is -0.123. The lowest BCUT2D eigenvalue weighted by Crippen LogP contribution is -2.49. The molecule has 3 unspecified atom stereocenters. The summed E-state index contributed by atoms with van der Waals surface area (Å²) in [6.07, 6.45) is 5.91. The molecule has 2 N–H and O–H groups in total. The summed E-state index contributed by atoms with van der Waals surface area (Å²) >= 11 is 0. The molecule has 106 valence electrons. The molecule has 4 heteroatoms. The molecule has 1 rings (SSSR count). The minimum absolute atomic E-state index is 0.0935. The molecule has 0 bridgehead atoms. The Morgan fingerprint density at radius 3 is 2.78 bits per heavy atom. The van der Waals surface area contributed by atoms with Crippen molar-refractivity contribution in [2.24, 2.45) is 0 Å². The number of rotatable bonds is 8. The molecule has 1 aliphatic rings. The van der Waals surface area contributed by atoms with Gasteiger partial charge in [-0.25, -0.2) is 0 Å². The van der Waals surface area contributed by atoms with E-state index in [1.807, 2.05) is 6.92 Å². The zero-order valence-electron chi connectivity index (χ0n) is 12.0. The lowest BCUT2D eigenvalue weighted by Gasteiger charge is -2.23. The summed E-state index contributed by atoms with van der Waals surface area (Å²) in [5.41, 5.74) is 0. The van der Waals surface area contributed by atoms with Gasteiger partial charge in [-0.3, -0.25) is 4.79 Å². The number of ether oxygens (including phenoxy) is 1. The molecule has 0 radical (unpaired) electrons. The first-order valence-electron chi connectivity index (χ1n) is 7.30. The Hall–Kier alpha value is -0.610. The first kappa shape index (κ1) is 15.4. The van der Waals surface area contributed by atoms with E-state index in [1.165, 1.54) is 12.8 Å². The quantitative estimate of drug-likeness (QED) is 0.652. The Bertz CT molecular complexity index is 240. The zero-order valence-corrected chi connectivity index (χ0v) is 12.0. The molecule has 0 aromatic rings. The predicted molar refractivity (Wildman–Crippen MR) is 73.6 cm³/mol. The van der Waals surface area contributed by atoms with Gasteiger partial charge in [0.15, 0.2) is 0 Å². The molecule has 0 aliphatic carbocycles. The first-order chi connectivity index (χ1) is 8.65. The molecule has 0 aromatic heterocycles. The third-order valence-electron chi connectivity index (χ3n) is 3.51. The van der Waals surface area contributed by atoms with Crippen molar-refractivity contribution < 1.29 is 9.53 Å². The van der Waals surface area contributed by atoms with Crippen LogP contribution in [0.5, 0.6) is 0 Å². The maximum absolute atomic E-state index is 11.8. The Balaban J connectivity index is 2.17. The van der Waals surface area contributed by atoms with Crippen molar-refractivity contribution in [3.8, 4) is 0 Å². The summed E-state index contributed by atoms with van der Waals surface area (Å²) in [4.78, 5) is 11.8. The van der Waals surface area contributed by atoms with Crippen molar-refractivity contribution in [3.05, 3.63) is 0 Å². The van der Waals surface area contributed by atoms with Crippen molar-refractivity contribution >= 4 is 5.91 Å². The van der Waals surface area contributed by atoms with Crippen LogP contribution in [0, 0.1) is 0 Å². The van der Waals surface area contributed by atoms with Crippen molar-refractivity contribution in [3.63, 3.8) is 0 Å². The van der Waals surface area contributed by atoms with E-state index in [0.717, 1.165) is 32.4 Å². The van der Waals surface area contributed by atoms with Crippen molar-refractivity contribution in [2.75, 3.05) is 13.2 Å². The van der Waals surface area contributed by atoms with Gasteiger partial charge in [0.05, 0.1) is 12.1 Å². The van der Waals surface area contributed by atoms with Gasteiger partial charge in [0.25, 0.3) is 0 Å². The number of hydrogen-bond donors (Lipinski definition) is 2. The molecule has 18 heavy (non-hydrogen) atoms. The fraction of sp³-hybridized carbons (Fsp3) is 0.929. The minimum atomic E-state index is -0.147. The maximum Gasteiger partial charge on any atom is 0.236 e. The van der Waals surface area contributed by atoms with E-state index < -0.39 is 0 Å². The molecule has 0 saturated carbocycles. The molecule has 1 heterocycles. The largest absolute Gasteiger partial charge is 0.377 e. The summed E-state index contributed by atoms with van der Waals surface area (Å²) < 4.78 is 5.61. The summed E-state index contributed by atoms with van der Waals surface area (Å²) in [5.74, 6) is 0.0935. The summed E-state index contributed by atoms with van der Waals surface area (Å²) in [5, 5.41) is 6.30. The van der Waals surface area contributed by atoms with Gasteiger partial charge in [-0.05, 0) is 33.1 Å². The average molecular weight is 256 g/mol. The fourth-order valence-corrected chi connectivity index (χ4v) is 2.31. The molecule has 1 saturated heterocycles. The monoisotopic (exact) mass is 256 g/mol. The summed E-state index contributed by atoms with van der Waals surface area (Å²) in [7, 11) is 0. The van der Waals surface area contributed by atoms with E-state index in [-0.39, 0.29) is 24.1 Å². The minimum Gasteiger partial charge on any atom is -0.377 e. The molecule has 1 aliphatic heterocycles. The third-order valence-corrected chi connectivity index (χ3v) is 3.51. The van der Waals surface area contributed by atoms with Crippen LogP contribution in [0.2, 0.25) is 0 Å². The van der Waals surface area contributed by atoms with Gasteiger partial charge in [0.2, 0.25) is 5.91 Å². The van der Waals surface area contributed by atoms with E-state index in [9.17, 15) is 4.79 Å². The number of carbonyl (C=O) groups is 1. The Kier molecular flexibility index (Phi) is 7.28. The molecule has 0 aromatic carbocycles. The van der Waals surface area contributed by atoms with Gasteiger partial charge in [-0.15, -0.1) is 0 Å². The van der Waals surface area contributed by atoms with Crippen molar-refractivity contribution in [2.45, 2.75) is 71.1 Å². The molecule has 1 fully saturated rings. The van der Waals surface area contributed by atoms with E-state index in [1.54, 1.807) is 0 Å². The number of unbranched alkanes of at least 4 members (excludes halogenated alkanes) is 2. The highest BCUT2D eigenvalue weighted by atomic mass is 16.5. The summed E-state index contributed by atoms with van der Waals surface area (Å²) in [6, 6.07) is 0.0923. The van der Waals surface area contributed by atoms with Crippen LogP contribution in [0.3, 0.4) is 0 Å². The predicted octanol–water partition coefficient (Wildman–Crippen LogP) is 1.84. The van der Waals surface area contributed by atoms with Gasteiger partial charge in [-0.2, -0.15) is 0 Å². The van der Waals surface area contributed by atoms with Gasteiger partial charge < -0.3 is 15.4 Å². The molecular weight excluding hydrogens is 228 g/mol.